The largest absolute Gasteiger partial charge is 0.282 e. The molecule has 0 N–H and O–H groups in total. The average molecular weight is 340 g/mol. The fourth-order valence-electron chi connectivity index (χ4n) is 3.17. The van der Waals surface area contributed by atoms with Crippen LogP contribution in [-0.2, 0) is 0 Å². The van der Waals surface area contributed by atoms with Gasteiger partial charge in [0, 0.05) is 8.41 Å². The summed E-state index contributed by atoms with van der Waals surface area (Å²) in [5.41, 5.74) is 0. The highest BCUT2D eigenvalue weighted by Crippen LogP contribution is 2.42. The zero-order chi connectivity index (χ0) is 16.5. The fourth-order valence-corrected chi connectivity index (χ4v) is 5.93. The minimum absolute atomic E-state index is 0. The van der Waals surface area contributed by atoms with Crippen LogP contribution in [0.25, 0.3) is 0 Å². The molecule has 0 bridgehead atoms. The molecule has 0 amide bonds. The fraction of sp³-hybridized carbons (Fsp3) is 1.00. The molecule has 0 spiro atoms. The van der Waals surface area contributed by atoms with E-state index in [9.17, 15) is 0 Å². The van der Waals surface area contributed by atoms with Gasteiger partial charge in [0.15, 0.2) is 0 Å². The summed E-state index contributed by atoms with van der Waals surface area (Å²) >= 11 is 0. The molecular formula is C20H44BNP. The van der Waals surface area contributed by atoms with Gasteiger partial charge in [0.25, 0.3) is 0 Å². The second-order valence-electron chi connectivity index (χ2n) is 6.63. The molecule has 0 aliphatic carbocycles. The van der Waals surface area contributed by atoms with Crippen molar-refractivity contribution in [2.24, 2.45) is 0 Å². The summed E-state index contributed by atoms with van der Waals surface area (Å²) in [5, 5.41) is 0. The molecule has 0 aromatic heterocycles. The molecule has 3 radical (unpaired) electrons. The van der Waals surface area contributed by atoms with Crippen LogP contribution in [0, 0.1) is 0 Å². The van der Waals surface area contributed by atoms with Gasteiger partial charge in [-0.3, -0.25) is 4.67 Å². The summed E-state index contributed by atoms with van der Waals surface area (Å²) in [7, 11) is 0.160. The third-order valence-corrected chi connectivity index (χ3v) is 7.70. The second-order valence-corrected chi connectivity index (χ2v) is 9.10. The normalized spacial score (nSPS) is 11.2. The molecule has 137 valence electrons. The Balaban J connectivity index is 0. The van der Waals surface area contributed by atoms with Crippen molar-refractivity contribution in [2.45, 2.75) is 105 Å². The van der Waals surface area contributed by atoms with Gasteiger partial charge in [-0.2, -0.15) is 0 Å². The van der Waals surface area contributed by atoms with E-state index < -0.39 is 0 Å². The van der Waals surface area contributed by atoms with E-state index in [1.165, 1.54) is 102 Å². The Morgan fingerprint density at radius 1 is 0.522 bits per heavy atom. The molecule has 0 saturated carbocycles. The van der Waals surface area contributed by atoms with E-state index in [4.69, 9.17) is 0 Å². The standard InChI is InChI=1S/C20H44NP.B/c1-5-9-11-13-15-17-19-22(21(7-3)8-4)20-18-16-14-12-10-6-2;/h5-20H2,1-4H3;. The van der Waals surface area contributed by atoms with Gasteiger partial charge in [-0.15, -0.1) is 0 Å². The van der Waals surface area contributed by atoms with Gasteiger partial charge in [-0.05, 0) is 46.3 Å². The van der Waals surface area contributed by atoms with Gasteiger partial charge in [0.1, 0.15) is 0 Å². The molecule has 0 aromatic rings. The van der Waals surface area contributed by atoms with Crippen molar-refractivity contribution in [1.29, 1.82) is 0 Å². The van der Waals surface area contributed by atoms with Crippen LogP contribution >= 0.6 is 8.07 Å². The monoisotopic (exact) mass is 340 g/mol. The first-order chi connectivity index (χ1) is 10.8. The maximum atomic E-state index is 2.77. The summed E-state index contributed by atoms with van der Waals surface area (Å²) in [6.07, 6.45) is 20.3. The zero-order valence-electron chi connectivity index (χ0n) is 16.8. The van der Waals surface area contributed by atoms with E-state index in [1.807, 2.05) is 0 Å². The Hall–Kier alpha value is 0.455. The Labute approximate surface area is 151 Å². The molecule has 0 rings (SSSR count). The molecular weight excluding hydrogens is 296 g/mol. The lowest BCUT2D eigenvalue weighted by atomic mass is 10.1. The molecule has 0 saturated heterocycles. The van der Waals surface area contributed by atoms with Crippen molar-refractivity contribution in [1.82, 2.24) is 4.67 Å². The van der Waals surface area contributed by atoms with Crippen molar-refractivity contribution in [2.75, 3.05) is 25.4 Å². The first-order valence-corrected chi connectivity index (χ1v) is 12.0. The third kappa shape index (κ3) is 15.7. The third-order valence-electron chi connectivity index (χ3n) is 4.67. The number of rotatable bonds is 17. The predicted octanol–water partition coefficient (Wildman–Crippen LogP) is 7.07. The zero-order valence-corrected chi connectivity index (χ0v) is 17.7. The highest BCUT2D eigenvalue weighted by molar-refractivity contribution is 7.55. The van der Waals surface area contributed by atoms with Crippen molar-refractivity contribution in [3.63, 3.8) is 0 Å². The smallest absolute Gasteiger partial charge is 0 e. The van der Waals surface area contributed by atoms with Gasteiger partial charge >= 0.3 is 0 Å². The Kier molecular flexibility index (Phi) is 22.9. The maximum absolute atomic E-state index is 2.77. The number of nitrogens with zero attached hydrogens (tertiary/aromatic N) is 1. The number of hydrogen-bond acceptors (Lipinski definition) is 1. The Bertz CT molecular complexity index is 194. The molecule has 0 unspecified atom stereocenters. The molecule has 0 atom stereocenters. The molecule has 23 heavy (non-hydrogen) atoms. The van der Waals surface area contributed by atoms with E-state index in [0.717, 1.165) is 0 Å². The molecule has 3 heteroatoms. The van der Waals surface area contributed by atoms with Crippen LogP contribution in [0.15, 0.2) is 0 Å². The van der Waals surface area contributed by atoms with Crippen molar-refractivity contribution in [3.8, 4) is 0 Å². The first kappa shape index (κ1) is 25.7. The van der Waals surface area contributed by atoms with Crippen molar-refractivity contribution >= 4 is 16.5 Å². The van der Waals surface area contributed by atoms with E-state index >= 15 is 0 Å². The highest BCUT2D eigenvalue weighted by atomic mass is 31.1. The quantitative estimate of drug-likeness (QED) is 0.155. The Morgan fingerprint density at radius 2 is 0.870 bits per heavy atom. The summed E-state index contributed by atoms with van der Waals surface area (Å²) < 4.78 is 2.77. The van der Waals surface area contributed by atoms with E-state index in [1.54, 1.807) is 0 Å². The second kappa shape index (κ2) is 20.5. The molecule has 0 heterocycles. The van der Waals surface area contributed by atoms with Crippen LogP contribution in [0.5, 0.6) is 0 Å². The molecule has 0 fully saturated rings. The van der Waals surface area contributed by atoms with Gasteiger partial charge in [0.2, 0.25) is 0 Å². The minimum atomic E-state index is 0. The van der Waals surface area contributed by atoms with Crippen LogP contribution in [-0.4, -0.2) is 38.5 Å². The van der Waals surface area contributed by atoms with Crippen LogP contribution < -0.4 is 0 Å². The van der Waals surface area contributed by atoms with Gasteiger partial charge < -0.3 is 0 Å². The van der Waals surface area contributed by atoms with Crippen molar-refractivity contribution in [3.05, 3.63) is 0 Å². The lowest BCUT2D eigenvalue weighted by Gasteiger charge is -2.30. The molecule has 0 aromatic carbocycles. The van der Waals surface area contributed by atoms with Crippen LogP contribution in [0.3, 0.4) is 0 Å². The molecule has 0 aliphatic heterocycles. The number of hydrogen-bond donors (Lipinski definition) is 0. The minimum Gasteiger partial charge on any atom is -0.282 e. The topological polar surface area (TPSA) is 3.24 Å². The Morgan fingerprint density at radius 3 is 1.22 bits per heavy atom. The molecule has 1 nitrogen and oxygen atoms in total. The summed E-state index contributed by atoms with van der Waals surface area (Å²) in [5.74, 6) is 0. The first-order valence-electron chi connectivity index (χ1n) is 10.3. The molecule has 0 aliphatic rings. The lowest BCUT2D eigenvalue weighted by Crippen LogP contribution is -2.20. The maximum Gasteiger partial charge on any atom is 0 e. The lowest BCUT2D eigenvalue weighted by molar-refractivity contribution is 0.500. The van der Waals surface area contributed by atoms with Crippen molar-refractivity contribution < 1.29 is 0 Å². The SMILES string of the molecule is CCCCCCCCP(CCCCCCCC)N(CC)CC.[B]. The summed E-state index contributed by atoms with van der Waals surface area (Å²) in [6.45, 7) is 11.8. The number of unbranched alkanes of at least 4 members (excludes halogenated alkanes) is 10. The summed E-state index contributed by atoms with van der Waals surface area (Å²) in [6, 6.07) is 0. The van der Waals surface area contributed by atoms with Crippen LogP contribution in [0.4, 0.5) is 0 Å². The van der Waals surface area contributed by atoms with E-state index in [2.05, 4.69) is 32.4 Å². The predicted molar refractivity (Wildman–Crippen MR) is 112 cm³/mol. The van der Waals surface area contributed by atoms with E-state index in [0.29, 0.717) is 0 Å². The average Bonchev–Trinajstić information content (AvgIpc) is 2.54. The van der Waals surface area contributed by atoms with Gasteiger partial charge in [-0.1, -0.05) is 91.9 Å². The van der Waals surface area contributed by atoms with Gasteiger partial charge in [-0.25, -0.2) is 0 Å². The van der Waals surface area contributed by atoms with Crippen LogP contribution in [0.2, 0.25) is 0 Å². The van der Waals surface area contributed by atoms with Crippen LogP contribution in [0.1, 0.15) is 105 Å². The summed E-state index contributed by atoms with van der Waals surface area (Å²) in [4.78, 5) is 0. The van der Waals surface area contributed by atoms with Gasteiger partial charge in [0.05, 0.1) is 0 Å². The van der Waals surface area contributed by atoms with E-state index in [-0.39, 0.29) is 16.5 Å². The highest BCUT2D eigenvalue weighted by Gasteiger charge is 2.14.